The zero-order valence-electron chi connectivity index (χ0n) is 11.9. The summed E-state index contributed by atoms with van der Waals surface area (Å²) in [5.74, 6) is 2.35. The van der Waals surface area contributed by atoms with E-state index in [0.717, 1.165) is 28.6 Å². The Morgan fingerprint density at radius 2 is 2.20 bits per heavy atom. The maximum absolute atomic E-state index is 12.3. The van der Waals surface area contributed by atoms with Crippen molar-refractivity contribution in [2.75, 3.05) is 25.1 Å². The van der Waals surface area contributed by atoms with Crippen LogP contribution in [0.4, 0.5) is 0 Å². The molecule has 1 N–H and O–H groups in total. The fraction of sp³-hybridized carbons (Fsp3) is 0.533. The average Bonchev–Trinajstić information content (AvgIpc) is 2.47. The molecule has 2 unspecified atom stereocenters. The second kappa shape index (κ2) is 7.34. The second-order valence-electron chi connectivity index (χ2n) is 5.16. The van der Waals surface area contributed by atoms with Gasteiger partial charge in [-0.05, 0) is 24.6 Å². The molecule has 2 rings (SSSR count). The Hall–Kier alpha value is -0.710. The minimum Gasteiger partial charge on any atom is -0.339 e. The lowest BCUT2D eigenvalue weighted by Crippen LogP contribution is -2.42. The van der Waals surface area contributed by atoms with Crippen LogP contribution in [0.3, 0.4) is 0 Å². The number of rotatable bonds is 4. The molecule has 1 fully saturated rings. The lowest BCUT2D eigenvalue weighted by atomic mass is 10.1. The van der Waals surface area contributed by atoms with E-state index >= 15 is 0 Å². The highest BCUT2D eigenvalue weighted by Crippen LogP contribution is 2.22. The van der Waals surface area contributed by atoms with Crippen molar-refractivity contribution >= 4 is 29.3 Å². The summed E-state index contributed by atoms with van der Waals surface area (Å²) in [5, 5.41) is 4.13. The molecule has 3 nitrogen and oxygen atoms in total. The van der Waals surface area contributed by atoms with Crippen LogP contribution in [0.15, 0.2) is 24.3 Å². The quantitative estimate of drug-likeness (QED) is 0.927. The fourth-order valence-corrected chi connectivity index (χ4v) is 3.36. The van der Waals surface area contributed by atoms with E-state index < -0.39 is 0 Å². The van der Waals surface area contributed by atoms with Crippen LogP contribution in [0, 0.1) is 0 Å². The van der Waals surface area contributed by atoms with Crippen molar-refractivity contribution < 1.29 is 4.79 Å². The normalized spacial score (nSPS) is 20.4. The summed E-state index contributed by atoms with van der Waals surface area (Å²) in [7, 11) is 1.87. The standard InChI is InChI=1S/C15H21ClN2OS/c1-11(12-3-5-13(16)6-4-12)18(2)15(19)9-14-10-20-8-7-17-14/h3-6,11,14,17H,7-10H2,1-2H3. The molecular weight excluding hydrogens is 292 g/mol. The number of nitrogens with one attached hydrogen (secondary N) is 1. The number of benzene rings is 1. The third kappa shape index (κ3) is 4.14. The van der Waals surface area contributed by atoms with Gasteiger partial charge in [-0.3, -0.25) is 4.79 Å². The van der Waals surface area contributed by atoms with Crippen molar-refractivity contribution in [3.05, 3.63) is 34.9 Å². The molecule has 1 aliphatic heterocycles. The Morgan fingerprint density at radius 1 is 1.50 bits per heavy atom. The minimum absolute atomic E-state index is 0.0658. The Morgan fingerprint density at radius 3 is 2.80 bits per heavy atom. The molecule has 0 spiro atoms. The number of hydrogen-bond acceptors (Lipinski definition) is 3. The van der Waals surface area contributed by atoms with Gasteiger partial charge in [-0.15, -0.1) is 0 Å². The number of hydrogen-bond donors (Lipinski definition) is 1. The van der Waals surface area contributed by atoms with Crippen molar-refractivity contribution in [3.8, 4) is 0 Å². The zero-order valence-corrected chi connectivity index (χ0v) is 13.5. The summed E-state index contributed by atoms with van der Waals surface area (Å²) in [5.41, 5.74) is 1.11. The zero-order chi connectivity index (χ0) is 14.5. The molecule has 5 heteroatoms. The first-order valence-electron chi connectivity index (χ1n) is 6.90. The van der Waals surface area contributed by atoms with Crippen molar-refractivity contribution in [1.29, 1.82) is 0 Å². The number of amides is 1. The van der Waals surface area contributed by atoms with Crippen LogP contribution < -0.4 is 5.32 Å². The van der Waals surface area contributed by atoms with Gasteiger partial charge in [0.1, 0.15) is 0 Å². The van der Waals surface area contributed by atoms with Crippen LogP contribution in [0.25, 0.3) is 0 Å². The monoisotopic (exact) mass is 312 g/mol. The van der Waals surface area contributed by atoms with Crippen molar-refractivity contribution in [3.63, 3.8) is 0 Å². The molecule has 0 saturated carbocycles. The molecule has 1 saturated heterocycles. The molecule has 0 aliphatic carbocycles. The Bertz CT molecular complexity index is 446. The molecule has 1 aromatic rings. The highest BCUT2D eigenvalue weighted by molar-refractivity contribution is 7.99. The van der Waals surface area contributed by atoms with Crippen LogP contribution in [0.5, 0.6) is 0 Å². The average molecular weight is 313 g/mol. The van der Waals surface area contributed by atoms with Crippen LogP contribution in [0.2, 0.25) is 5.02 Å². The summed E-state index contributed by atoms with van der Waals surface area (Å²) in [6, 6.07) is 8.06. The van der Waals surface area contributed by atoms with Crippen LogP contribution in [-0.2, 0) is 4.79 Å². The first-order valence-corrected chi connectivity index (χ1v) is 8.43. The molecule has 0 bridgehead atoms. The number of thioether (sulfide) groups is 1. The van der Waals surface area contributed by atoms with Gasteiger partial charge in [-0.1, -0.05) is 23.7 Å². The van der Waals surface area contributed by atoms with E-state index in [1.165, 1.54) is 0 Å². The highest BCUT2D eigenvalue weighted by Gasteiger charge is 2.22. The van der Waals surface area contributed by atoms with Crippen LogP contribution in [0.1, 0.15) is 24.9 Å². The molecule has 20 heavy (non-hydrogen) atoms. The summed E-state index contributed by atoms with van der Waals surface area (Å²) in [6.45, 7) is 3.04. The molecule has 1 amide bonds. The van der Waals surface area contributed by atoms with E-state index in [9.17, 15) is 4.79 Å². The SMILES string of the molecule is CC(c1ccc(Cl)cc1)N(C)C(=O)CC1CSCCN1. The minimum atomic E-state index is 0.0658. The van der Waals surface area contributed by atoms with Gasteiger partial charge in [0.2, 0.25) is 5.91 Å². The number of carbonyl (C=O) groups is 1. The lowest BCUT2D eigenvalue weighted by molar-refractivity contribution is -0.132. The molecule has 110 valence electrons. The molecule has 2 atom stereocenters. The Kier molecular flexibility index (Phi) is 5.75. The van der Waals surface area contributed by atoms with Gasteiger partial charge in [-0.25, -0.2) is 0 Å². The van der Waals surface area contributed by atoms with Gasteiger partial charge in [-0.2, -0.15) is 11.8 Å². The lowest BCUT2D eigenvalue weighted by Gasteiger charge is -2.29. The predicted octanol–water partition coefficient (Wildman–Crippen LogP) is 2.95. The molecule has 0 radical (unpaired) electrons. The predicted molar refractivity (Wildman–Crippen MR) is 86.4 cm³/mol. The second-order valence-corrected chi connectivity index (χ2v) is 6.75. The number of nitrogens with zero attached hydrogens (tertiary/aromatic N) is 1. The Balaban J connectivity index is 1.93. The van der Waals surface area contributed by atoms with E-state index in [1.807, 2.05) is 54.9 Å². The third-order valence-corrected chi connectivity index (χ3v) is 5.13. The molecule has 1 aromatic carbocycles. The van der Waals surface area contributed by atoms with E-state index in [0.29, 0.717) is 12.5 Å². The van der Waals surface area contributed by atoms with E-state index in [-0.39, 0.29) is 11.9 Å². The Labute approximate surface area is 130 Å². The summed E-state index contributed by atoms with van der Waals surface area (Å²) in [6.07, 6.45) is 0.571. The fourth-order valence-electron chi connectivity index (χ4n) is 2.29. The third-order valence-electron chi connectivity index (χ3n) is 3.75. The van der Waals surface area contributed by atoms with E-state index in [4.69, 9.17) is 11.6 Å². The van der Waals surface area contributed by atoms with Crippen LogP contribution >= 0.6 is 23.4 Å². The number of carbonyl (C=O) groups excluding carboxylic acids is 1. The largest absolute Gasteiger partial charge is 0.339 e. The summed E-state index contributed by atoms with van der Waals surface area (Å²) >= 11 is 7.81. The molecule has 1 aliphatic rings. The molecule has 0 aromatic heterocycles. The van der Waals surface area contributed by atoms with E-state index in [2.05, 4.69) is 5.32 Å². The summed E-state index contributed by atoms with van der Waals surface area (Å²) < 4.78 is 0. The van der Waals surface area contributed by atoms with Gasteiger partial charge < -0.3 is 10.2 Å². The van der Waals surface area contributed by atoms with Gasteiger partial charge in [0, 0.05) is 42.6 Å². The van der Waals surface area contributed by atoms with Gasteiger partial charge in [0.05, 0.1) is 6.04 Å². The summed E-state index contributed by atoms with van der Waals surface area (Å²) in [4.78, 5) is 14.2. The van der Waals surface area contributed by atoms with Crippen LogP contribution in [-0.4, -0.2) is 41.9 Å². The van der Waals surface area contributed by atoms with E-state index in [1.54, 1.807) is 0 Å². The van der Waals surface area contributed by atoms with Gasteiger partial charge in [0.15, 0.2) is 0 Å². The highest BCUT2D eigenvalue weighted by atomic mass is 35.5. The van der Waals surface area contributed by atoms with Gasteiger partial charge >= 0.3 is 0 Å². The number of halogens is 1. The first kappa shape index (κ1) is 15.7. The van der Waals surface area contributed by atoms with Crippen molar-refractivity contribution in [2.45, 2.75) is 25.4 Å². The topological polar surface area (TPSA) is 32.3 Å². The first-order chi connectivity index (χ1) is 9.58. The smallest absolute Gasteiger partial charge is 0.224 e. The molecule has 1 heterocycles. The molecular formula is C15H21ClN2OS. The van der Waals surface area contributed by atoms with Crippen molar-refractivity contribution in [1.82, 2.24) is 10.2 Å². The maximum Gasteiger partial charge on any atom is 0.224 e. The van der Waals surface area contributed by atoms with Crippen molar-refractivity contribution in [2.24, 2.45) is 0 Å². The maximum atomic E-state index is 12.3. The van der Waals surface area contributed by atoms with Gasteiger partial charge in [0.25, 0.3) is 0 Å².